The maximum atomic E-state index is 2.59. The Hall–Kier alpha value is 0.350. The van der Waals surface area contributed by atoms with Gasteiger partial charge in [-0.25, -0.2) is 0 Å². The molecule has 164 valence electrons. The van der Waals surface area contributed by atoms with Crippen LogP contribution in [0.5, 0.6) is 0 Å². The molecule has 28 heavy (non-hydrogen) atoms. The lowest BCUT2D eigenvalue weighted by Crippen LogP contribution is -2.38. The Morgan fingerprint density at radius 3 is 2.32 bits per heavy atom. The van der Waals surface area contributed by atoms with Crippen molar-refractivity contribution in [2.75, 3.05) is 0 Å². The zero-order valence-corrected chi connectivity index (χ0v) is 20.3. The van der Waals surface area contributed by atoms with Crippen LogP contribution in [0.3, 0.4) is 0 Å². The lowest BCUT2D eigenvalue weighted by molar-refractivity contribution is 0.268. The molecule has 0 nitrogen and oxygen atoms in total. The van der Waals surface area contributed by atoms with Crippen molar-refractivity contribution in [3.63, 3.8) is 0 Å². The van der Waals surface area contributed by atoms with E-state index in [4.69, 9.17) is 0 Å². The summed E-state index contributed by atoms with van der Waals surface area (Å²) in [5.41, 5.74) is 0. The Bertz CT molecular complexity index is 432. The van der Waals surface area contributed by atoms with Crippen LogP contribution in [-0.4, -0.2) is 10.00 Å². The first-order chi connectivity index (χ1) is 13.6. The van der Waals surface area contributed by atoms with E-state index in [-0.39, 0.29) is 0 Å². The summed E-state index contributed by atoms with van der Waals surface area (Å²) in [6.07, 6.45) is 27.1. The van der Waals surface area contributed by atoms with Crippen LogP contribution in [0.2, 0.25) is 0 Å². The number of fused-ring (bicyclic) bond motifs is 1. The standard InChI is InChI=1S/C27H50S/c1-4-24-13-9-10-14-26-25(16-15-24)17-19-27(28-26)18-11-7-5-6-8-12-22(2)20-23(3)21-27/h22-26H,4-21H2,1-3H3. The van der Waals surface area contributed by atoms with Crippen LogP contribution in [-0.2, 0) is 0 Å². The smallest absolute Gasteiger partial charge is 0.0165 e. The van der Waals surface area contributed by atoms with Gasteiger partial charge in [-0.05, 0) is 68.6 Å². The van der Waals surface area contributed by atoms with Gasteiger partial charge in [-0.15, -0.1) is 0 Å². The van der Waals surface area contributed by atoms with Gasteiger partial charge in [-0.3, -0.25) is 0 Å². The molecule has 0 aromatic heterocycles. The molecular weight excluding hydrogens is 356 g/mol. The Kier molecular flexibility index (Phi) is 9.59. The predicted molar refractivity (Wildman–Crippen MR) is 128 cm³/mol. The topological polar surface area (TPSA) is 0 Å². The van der Waals surface area contributed by atoms with E-state index in [1.807, 2.05) is 0 Å². The first-order valence-electron chi connectivity index (χ1n) is 13.3. The van der Waals surface area contributed by atoms with Crippen molar-refractivity contribution in [1.82, 2.24) is 0 Å². The largest absolute Gasteiger partial charge is 0.151 e. The second kappa shape index (κ2) is 11.7. The highest BCUT2D eigenvalue weighted by atomic mass is 32.2. The third kappa shape index (κ3) is 6.95. The molecule has 0 aromatic rings. The van der Waals surface area contributed by atoms with Crippen molar-refractivity contribution < 1.29 is 0 Å². The van der Waals surface area contributed by atoms with Gasteiger partial charge in [0.15, 0.2) is 0 Å². The number of rotatable bonds is 1. The minimum Gasteiger partial charge on any atom is -0.151 e. The SMILES string of the molecule is CCC1CCCCC2SC3(CCCCCCCC(C)CC(C)C3)CCC2CC1. The summed E-state index contributed by atoms with van der Waals surface area (Å²) < 4.78 is 0.637. The van der Waals surface area contributed by atoms with Crippen LogP contribution in [0.25, 0.3) is 0 Å². The minimum absolute atomic E-state index is 0.637. The van der Waals surface area contributed by atoms with Gasteiger partial charge in [0.1, 0.15) is 0 Å². The molecule has 0 N–H and O–H groups in total. The molecule has 0 bridgehead atoms. The van der Waals surface area contributed by atoms with Gasteiger partial charge >= 0.3 is 0 Å². The molecular formula is C27H50S. The van der Waals surface area contributed by atoms with Gasteiger partial charge in [0.05, 0.1) is 0 Å². The quantitative estimate of drug-likeness (QED) is 0.418. The summed E-state index contributed by atoms with van der Waals surface area (Å²) in [7, 11) is 0. The molecule has 6 unspecified atom stereocenters. The van der Waals surface area contributed by atoms with Crippen molar-refractivity contribution in [2.45, 2.75) is 146 Å². The summed E-state index contributed by atoms with van der Waals surface area (Å²) >= 11 is 2.54. The summed E-state index contributed by atoms with van der Waals surface area (Å²) in [6, 6.07) is 0. The van der Waals surface area contributed by atoms with Crippen LogP contribution in [0.1, 0.15) is 136 Å². The zero-order valence-electron chi connectivity index (χ0n) is 19.5. The Morgan fingerprint density at radius 1 is 0.714 bits per heavy atom. The fourth-order valence-electron chi connectivity index (χ4n) is 6.95. The first kappa shape index (κ1) is 23.0. The van der Waals surface area contributed by atoms with Crippen molar-refractivity contribution in [3.8, 4) is 0 Å². The highest BCUT2D eigenvalue weighted by Gasteiger charge is 2.41. The summed E-state index contributed by atoms with van der Waals surface area (Å²) in [4.78, 5) is 0. The lowest BCUT2D eigenvalue weighted by atomic mass is 9.78. The second-order valence-corrected chi connectivity index (χ2v) is 12.9. The van der Waals surface area contributed by atoms with E-state index in [0.717, 1.165) is 28.9 Å². The molecule has 1 spiro atoms. The maximum Gasteiger partial charge on any atom is 0.0165 e. The van der Waals surface area contributed by atoms with Gasteiger partial charge < -0.3 is 0 Å². The molecule has 2 saturated carbocycles. The van der Waals surface area contributed by atoms with Crippen molar-refractivity contribution in [2.24, 2.45) is 23.7 Å². The van der Waals surface area contributed by atoms with E-state index in [1.165, 1.54) is 103 Å². The predicted octanol–water partition coefficient (Wildman–Crippen LogP) is 9.41. The fraction of sp³-hybridized carbons (Fsp3) is 1.00. The van der Waals surface area contributed by atoms with E-state index in [9.17, 15) is 0 Å². The van der Waals surface area contributed by atoms with Gasteiger partial charge in [-0.2, -0.15) is 11.8 Å². The van der Waals surface area contributed by atoms with E-state index in [0.29, 0.717) is 4.75 Å². The van der Waals surface area contributed by atoms with E-state index in [1.54, 1.807) is 12.8 Å². The normalized spacial score (nSPS) is 42.3. The molecule has 3 fully saturated rings. The molecule has 0 radical (unpaired) electrons. The molecule has 1 heterocycles. The zero-order chi connectivity index (χ0) is 19.8. The van der Waals surface area contributed by atoms with Crippen LogP contribution < -0.4 is 0 Å². The second-order valence-electron chi connectivity index (χ2n) is 11.2. The van der Waals surface area contributed by atoms with Gasteiger partial charge in [0.2, 0.25) is 0 Å². The number of thioether (sulfide) groups is 1. The van der Waals surface area contributed by atoms with E-state index in [2.05, 4.69) is 32.5 Å². The Labute approximate surface area is 181 Å². The third-order valence-corrected chi connectivity index (χ3v) is 10.6. The average molecular weight is 407 g/mol. The molecule has 1 aliphatic heterocycles. The monoisotopic (exact) mass is 406 g/mol. The van der Waals surface area contributed by atoms with Crippen molar-refractivity contribution in [3.05, 3.63) is 0 Å². The van der Waals surface area contributed by atoms with Crippen LogP contribution in [0, 0.1) is 23.7 Å². The highest BCUT2D eigenvalue weighted by Crippen LogP contribution is 2.53. The first-order valence-corrected chi connectivity index (χ1v) is 14.2. The molecule has 3 rings (SSSR count). The summed E-state index contributed by atoms with van der Waals surface area (Å²) in [5.74, 6) is 3.95. The summed E-state index contributed by atoms with van der Waals surface area (Å²) in [6.45, 7) is 7.55. The molecule has 0 amide bonds. The number of hydrogen-bond donors (Lipinski definition) is 0. The highest BCUT2D eigenvalue weighted by molar-refractivity contribution is 8.01. The van der Waals surface area contributed by atoms with Gasteiger partial charge in [0.25, 0.3) is 0 Å². The Morgan fingerprint density at radius 2 is 1.46 bits per heavy atom. The van der Waals surface area contributed by atoms with E-state index < -0.39 is 0 Å². The lowest BCUT2D eigenvalue weighted by Gasteiger charge is -2.46. The van der Waals surface area contributed by atoms with Crippen LogP contribution in [0.15, 0.2) is 0 Å². The number of hydrogen-bond acceptors (Lipinski definition) is 1. The average Bonchev–Trinajstić information content (AvgIpc) is 2.76. The van der Waals surface area contributed by atoms with Gasteiger partial charge in [0, 0.05) is 10.00 Å². The van der Waals surface area contributed by atoms with Crippen molar-refractivity contribution >= 4 is 11.8 Å². The van der Waals surface area contributed by atoms with Gasteiger partial charge in [-0.1, -0.05) is 91.4 Å². The van der Waals surface area contributed by atoms with Crippen LogP contribution in [0.4, 0.5) is 0 Å². The minimum atomic E-state index is 0.637. The molecule has 3 aliphatic rings. The maximum absolute atomic E-state index is 2.59. The molecule has 2 aliphatic carbocycles. The van der Waals surface area contributed by atoms with Crippen molar-refractivity contribution in [1.29, 1.82) is 0 Å². The van der Waals surface area contributed by atoms with E-state index >= 15 is 0 Å². The molecule has 6 atom stereocenters. The molecule has 0 aromatic carbocycles. The molecule has 1 saturated heterocycles. The van der Waals surface area contributed by atoms with Crippen LogP contribution >= 0.6 is 11.8 Å². The summed E-state index contributed by atoms with van der Waals surface area (Å²) in [5, 5.41) is 0.988. The third-order valence-electron chi connectivity index (χ3n) is 8.63. The molecule has 1 heteroatoms. The fourth-order valence-corrected chi connectivity index (χ4v) is 9.22. The Balaban J connectivity index is 1.66.